The smallest absolute Gasteiger partial charge is 0.336 e. The summed E-state index contributed by atoms with van der Waals surface area (Å²) in [7, 11) is 2.99. The number of halogens is 2. The molecule has 1 aromatic rings. The Balaban J connectivity index is 2.73. The summed E-state index contributed by atoms with van der Waals surface area (Å²) in [5.41, 5.74) is 4.81. The first-order chi connectivity index (χ1) is 11.0. The highest BCUT2D eigenvalue weighted by Gasteiger charge is 2.35. The predicted molar refractivity (Wildman–Crippen MR) is 88.5 cm³/mol. The van der Waals surface area contributed by atoms with Crippen LogP contribution in [0.3, 0.4) is 0 Å². The predicted octanol–water partition coefficient (Wildman–Crippen LogP) is 3.38. The third-order valence-corrected chi connectivity index (χ3v) is 4.52. The highest BCUT2D eigenvalue weighted by atomic mass is 35.5. The van der Waals surface area contributed by atoms with Gasteiger partial charge in [0, 0.05) is 18.9 Å². The van der Waals surface area contributed by atoms with Crippen molar-refractivity contribution in [1.82, 2.24) is 10.4 Å². The zero-order valence-electron chi connectivity index (χ0n) is 12.9. The van der Waals surface area contributed by atoms with Crippen LogP contribution in [-0.2, 0) is 9.53 Å². The van der Waals surface area contributed by atoms with Crippen LogP contribution >= 0.6 is 23.2 Å². The molecule has 0 saturated carbocycles. The first-order valence-electron chi connectivity index (χ1n) is 6.77. The van der Waals surface area contributed by atoms with Crippen molar-refractivity contribution in [3.8, 4) is 6.07 Å². The highest BCUT2D eigenvalue weighted by Crippen LogP contribution is 2.42. The summed E-state index contributed by atoms with van der Waals surface area (Å²) < 4.78 is 4.90. The van der Waals surface area contributed by atoms with Gasteiger partial charge in [-0.25, -0.2) is 10.2 Å². The second kappa shape index (κ2) is 7.05. The molecule has 0 fully saturated rings. The van der Waals surface area contributed by atoms with Crippen molar-refractivity contribution in [2.75, 3.05) is 14.2 Å². The fraction of sp³-hybridized carbons (Fsp3) is 0.250. The standard InChI is InChI=1S/C16H15Cl2N3O2/c1-9-13(16(22)23-3)14(10(7-19)8-21(9)20-2)11-5-4-6-12(17)15(11)18/h4-6,8,14,20H,1-3H3. The van der Waals surface area contributed by atoms with Crippen molar-refractivity contribution in [2.24, 2.45) is 0 Å². The van der Waals surface area contributed by atoms with Crippen LogP contribution in [0.25, 0.3) is 0 Å². The van der Waals surface area contributed by atoms with Gasteiger partial charge in [0.2, 0.25) is 0 Å². The molecule has 0 saturated heterocycles. The van der Waals surface area contributed by atoms with Gasteiger partial charge in [0.1, 0.15) is 0 Å². The van der Waals surface area contributed by atoms with E-state index < -0.39 is 11.9 Å². The lowest BCUT2D eigenvalue weighted by molar-refractivity contribution is -0.136. The number of rotatable bonds is 3. The van der Waals surface area contributed by atoms with Crippen molar-refractivity contribution in [2.45, 2.75) is 12.8 Å². The lowest BCUT2D eigenvalue weighted by Gasteiger charge is -2.32. The van der Waals surface area contributed by atoms with E-state index >= 15 is 0 Å². The molecule has 1 heterocycles. The summed E-state index contributed by atoms with van der Waals surface area (Å²) in [6.45, 7) is 1.76. The van der Waals surface area contributed by atoms with E-state index in [4.69, 9.17) is 27.9 Å². The van der Waals surface area contributed by atoms with Gasteiger partial charge in [-0.15, -0.1) is 0 Å². The summed E-state index contributed by atoms with van der Waals surface area (Å²) in [6, 6.07) is 7.26. The number of allylic oxidation sites excluding steroid dienone is 2. The third-order valence-electron chi connectivity index (χ3n) is 3.69. The van der Waals surface area contributed by atoms with E-state index in [1.54, 1.807) is 43.4 Å². The van der Waals surface area contributed by atoms with Gasteiger partial charge in [-0.2, -0.15) is 5.26 Å². The topological polar surface area (TPSA) is 65.4 Å². The molecule has 5 nitrogen and oxygen atoms in total. The molecule has 0 aromatic heterocycles. The van der Waals surface area contributed by atoms with Gasteiger partial charge in [-0.3, -0.25) is 5.01 Å². The first-order valence-corrected chi connectivity index (χ1v) is 7.53. The number of carbonyl (C=O) groups excluding carboxylic acids is 1. The summed E-state index contributed by atoms with van der Waals surface area (Å²) in [4.78, 5) is 12.3. The van der Waals surface area contributed by atoms with Crippen molar-refractivity contribution in [3.05, 3.63) is 56.9 Å². The Morgan fingerprint density at radius 2 is 2.13 bits per heavy atom. The fourth-order valence-corrected chi connectivity index (χ4v) is 2.99. The SMILES string of the molecule is CNN1C=C(C#N)C(c2cccc(Cl)c2Cl)C(C(=O)OC)=C1C. The molecule has 0 radical (unpaired) electrons. The number of hydrogen-bond acceptors (Lipinski definition) is 5. The van der Waals surface area contributed by atoms with Crippen LogP contribution < -0.4 is 5.43 Å². The molecule has 0 aliphatic carbocycles. The van der Waals surface area contributed by atoms with Gasteiger partial charge in [0.15, 0.2) is 0 Å². The number of nitrogens with one attached hydrogen (secondary N) is 1. The molecule has 2 rings (SSSR count). The minimum absolute atomic E-state index is 0.312. The van der Waals surface area contributed by atoms with Gasteiger partial charge in [0.05, 0.1) is 40.3 Å². The molecular formula is C16H15Cl2N3O2. The van der Waals surface area contributed by atoms with Gasteiger partial charge in [-0.05, 0) is 18.6 Å². The van der Waals surface area contributed by atoms with Crippen LogP contribution in [0.1, 0.15) is 18.4 Å². The van der Waals surface area contributed by atoms with Crippen LogP contribution in [-0.4, -0.2) is 25.1 Å². The monoisotopic (exact) mass is 351 g/mol. The average Bonchev–Trinajstić information content (AvgIpc) is 2.56. The van der Waals surface area contributed by atoms with Crippen molar-refractivity contribution < 1.29 is 9.53 Å². The normalized spacial score (nSPS) is 17.7. The summed E-state index contributed by atoms with van der Waals surface area (Å²) in [5, 5.41) is 11.8. The molecule has 1 aliphatic heterocycles. The van der Waals surface area contributed by atoms with Gasteiger partial charge < -0.3 is 4.74 Å². The Morgan fingerprint density at radius 1 is 1.43 bits per heavy atom. The van der Waals surface area contributed by atoms with Crippen LogP contribution in [0.15, 0.2) is 41.2 Å². The molecule has 1 N–H and O–H groups in total. The van der Waals surface area contributed by atoms with E-state index in [0.29, 0.717) is 32.5 Å². The number of methoxy groups -OCH3 is 1. The number of benzene rings is 1. The molecular weight excluding hydrogens is 337 g/mol. The number of ether oxygens (including phenoxy) is 1. The molecule has 23 heavy (non-hydrogen) atoms. The third kappa shape index (κ3) is 3.06. The molecule has 1 aromatic carbocycles. The molecule has 120 valence electrons. The Kier molecular flexibility index (Phi) is 5.32. The number of nitrogens with zero attached hydrogens (tertiary/aromatic N) is 2. The Labute approximate surface area is 144 Å². The van der Waals surface area contributed by atoms with E-state index in [1.807, 2.05) is 0 Å². The first kappa shape index (κ1) is 17.4. The van der Waals surface area contributed by atoms with Gasteiger partial charge in [-0.1, -0.05) is 35.3 Å². The molecule has 1 unspecified atom stereocenters. The molecule has 1 atom stereocenters. The zero-order valence-corrected chi connectivity index (χ0v) is 14.4. The molecule has 1 aliphatic rings. The number of hydrogen-bond donors (Lipinski definition) is 1. The average molecular weight is 352 g/mol. The molecule has 0 spiro atoms. The van der Waals surface area contributed by atoms with Crippen LogP contribution in [0, 0.1) is 11.3 Å². The number of esters is 1. The van der Waals surface area contributed by atoms with Crippen molar-refractivity contribution >= 4 is 29.2 Å². The number of nitriles is 1. The minimum Gasteiger partial charge on any atom is -0.466 e. The van der Waals surface area contributed by atoms with Crippen LogP contribution in [0.5, 0.6) is 0 Å². The van der Waals surface area contributed by atoms with Gasteiger partial charge >= 0.3 is 5.97 Å². The second-order valence-electron chi connectivity index (χ2n) is 4.86. The minimum atomic E-state index is -0.636. The van der Waals surface area contributed by atoms with Crippen molar-refractivity contribution in [3.63, 3.8) is 0 Å². The van der Waals surface area contributed by atoms with Crippen molar-refractivity contribution in [1.29, 1.82) is 5.26 Å². The quantitative estimate of drug-likeness (QED) is 0.845. The second-order valence-corrected chi connectivity index (χ2v) is 5.64. The maximum Gasteiger partial charge on any atom is 0.336 e. The van der Waals surface area contributed by atoms with E-state index in [-0.39, 0.29) is 0 Å². The molecule has 0 bridgehead atoms. The molecule has 0 amide bonds. The maximum atomic E-state index is 12.3. The molecule has 7 heteroatoms. The maximum absolute atomic E-state index is 12.3. The van der Waals surface area contributed by atoms with E-state index in [9.17, 15) is 10.1 Å². The zero-order chi connectivity index (χ0) is 17.1. The fourth-order valence-electron chi connectivity index (χ4n) is 2.57. The van der Waals surface area contributed by atoms with Gasteiger partial charge in [0.25, 0.3) is 0 Å². The Bertz CT molecular complexity index is 750. The number of hydrazine groups is 1. The number of carbonyl (C=O) groups is 1. The Hall–Kier alpha value is -2.00. The largest absolute Gasteiger partial charge is 0.466 e. The van der Waals surface area contributed by atoms with E-state index in [0.717, 1.165) is 0 Å². The lowest BCUT2D eigenvalue weighted by atomic mass is 9.82. The summed E-state index contributed by atoms with van der Waals surface area (Å²) in [6.07, 6.45) is 1.63. The summed E-state index contributed by atoms with van der Waals surface area (Å²) >= 11 is 12.4. The van der Waals surface area contributed by atoms with Crippen LogP contribution in [0.4, 0.5) is 0 Å². The Morgan fingerprint density at radius 3 is 2.70 bits per heavy atom. The van der Waals surface area contributed by atoms with E-state index in [1.165, 1.54) is 7.11 Å². The lowest BCUT2D eigenvalue weighted by Crippen LogP contribution is -2.35. The summed E-state index contributed by atoms with van der Waals surface area (Å²) in [5.74, 6) is -1.16. The van der Waals surface area contributed by atoms with Crippen LogP contribution in [0.2, 0.25) is 10.0 Å². The highest BCUT2D eigenvalue weighted by molar-refractivity contribution is 6.42. The van der Waals surface area contributed by atoms with E-state index in [2.05, 4.69) is 11.5 Å².